The van der Waals surface area contributed by atoms with Gasteiger partial charge in [-0.2, -0.15) is 0 Å². The number of carbonyl (C=O) groups excluding carboxylic acids is 1. The van der Waals surface area contributed by atoms with Crippen LogP contribution in [0.3, 0.4) is 0 Å². The van der Waals surface area contributed by atoms with Crippen LogP contribution in [0.15, 0.2) is 0 Å². The van der Waals surface area contributed by atoms with E-state index in [9.17, 15) is 9.59 Å². The van der Waals surface area contributed by atoms with E-state index in [4.69, 9.17) is 5.11 Å². The molecule has 1 fully saturated rings. The summed E-state index contributed by atoms with van der Waals surface area (Å²) in [7, 11) is 0. The van der Waals surface area contributed by atoms with Gasteiger partial charge >= 0.3 is 5.97 Å². The van der Waals surface area contributed by atoms with E-state index in [1.807, 2.05) is 0 Å². The lowest BCUT2D eigenvalue weighted by atomic mass is 9.98. The van der Waals surface area contributed by atoms with E-state index in [0.717, 1.165) is 12.5 Å². The zero-order chi connectivity index (χ0) is 12.7. The van der Waals surface area contributed by atoms with Crippen LogP contribution in [0.2, 0.25) is 0 Å². The zero-order valence-electron chi connectivity index (χ0n) is 10.6. The number of aliphatic carboxylic acids is 1. The van der Waals surface area contributed by atoms with E-state index >= 15 is 0 Å². The predicted molar refractivity (Wildman–Crippen MR) is 65.6 cm³/mol. The van der Waals surface area contributed by atoms with E-state index in [1.54, 1.807) is 0 Å². The van der Waals surface area contributed by atoms with Crippen molar-refractivity contribution in [3.63, 3.8) is 0 Å². The first-order valence-electron chi connectivity index (χ1n) is 6.58. The molecule has 0 aromatic heterocycles. The van der Waals surface area contributed by atoms with Gasteiger partial charge in [0.1, 0.15) is 0 Å². The molecule has 4 heteroatoms. The van der Waals surface area contributed by atoms with Crippen LogP contribution in [0, 0.1) is 11.8 Å². The van der Waals surface area contributed by atoms with Gasteiger partial charge in [-0.25, -0.2) is 0 Å². The molecule has 98 valence electrons. The van der Waals surface area contributed by atoms with Crippen molar-refractivity contribution in [1.82, 2.24) is 5.32 Å². The number of carbonyl (C=O) groups is 2. The summed E-state index contributed by atoms with van der Waals surface area (Å²) in [5.41, 5.74) is 0. The Kier molecular flexibility index (Phi) is 6.01. The van der Waals surface area contributed by atoms with Gasteiger partial charge < -0.3 is 10.4 Å². The molecule has 17 heavy (non-hydrogen) atoms. The van der Waals surface area contributed by atoms with Crippen molar-refractivity contribution in [1.29, 1.82) is 0 Å². The molecule has 2 N–H and O–H groups in total. The number of amides is 1. The molecule has 0 aliphatic heterocycles. The molecule has 0 saturated heterocycles. The van der Waals surface area contributed by atoms with Crippen molar-refractivity contribution in [3.8, 4) is 0 Å². The van der Waals surface area contributed by atoms with Crippen LogP contribution >= 0.6 is 0 Å². The third-order valence-electron chi connectivity index (χ3n) is 3.65. The molecule has 0 aromatic carbocycles. The van der Waals surface area contributed by atoms with Crippen molar-refractivity contribution in [2.24, 2.45) is 11.8 Å². The highest BCUT2D eigenvalue weighted by Crippen LogP contribution is 2.30. The van der Waals surface area contributed by atoms with Gasteiger partial charge in [-0.3, -0.25) is 9.59 Å². The Morgan fingerprint density at radius 2 is 1.94 bits per heavy atom. The van der Waals surface area contributed by atoms with Crippen LogP contribution in [0.5, 0.6) is 0 Å². The number of rotatable bonds is 7. The van der Waals surface area contributed by atoms with Crippen LogP contribution in [0.4, 0.5) is 0 Å². The van der Waals surface area contributed by atoms with Crippen molar-refractivity contribution < 1.29 is 14.7 Å². The quantitative estimate of drug-likeness (QED) is 0.671. The molecule has 0 spiro atoms. The van der Waals surface area contributed by atoms with Gasteiger partial charge in [-0.1, -0.05) is 19.8 Å². The number of hydrogen-bond acceptors (Lipinski definition) is 2. The Hall–Kier alpha value is -1.06. The second-order valence-electron chi connectivity index (χ2n) is 5.07. The summed E-state index contributed by atoms with van der Waals surface area (Å²) in [6, 6.07) is 0. The van der Waals surface area contributed by atoms with Gasteiger partial charge in [0.2, 0.25) is 5.91 Å². The van der Waals surface area contributed by atoms with Crippen LogP contribution in [-0.4, -0.2) is 23.5 Å². The number of unbranched alkanes of at least 4 members (excludes halogenated alkanes) is 1. The molecule has 4 nitrogen and oxygen atoms in total. The lowest BCUT2D eigenvalue weighted by Gasteiger charge is -2.15. The molecule has 2 unspecified atom stereocenters. The van der Waals surface area contributed by atoms with E-state index < -0.39 is 5.97 Å². The Morgan fingerprint density at radius 3 is 2.53 bits per heavy atom. The average Bonchev–Trinajstić information content (AvgIpc) is 2.67. The van der Waals surface area contributed by atoms with E-state index in [-0.39, 0.29) is 12.3 Å². The summed E-state index contributed by atoms with van der Waals surface area (Å²) in [6.07, 6.45) is 5.64. The highest BCUT2D eigenvalue weighted by atomic mass is 16.4. The topological polar surface area (TPSA) is 66.4 Å². The second kappa shape index (κ2) is 7.30. The van der Waals surface area contributed by atoms with Crippen molar-refractivity contribution >= 4 is 11.9 Å². The summed E-state index contributed by atoms with van der Waals surface area (Å²) in [4.78, 5) is 21.8. The lowest BCUT2D eigenvalue weighted by Crippen LogP contribution is -2.30. The molecule has 0 aromatic rings. The largest absolute Gasteiger partial charge is 0.481 e. The molecule has 0 radical (unpaired) electrons. The first-order chi connectivity index (χ1) is 8.09. The SMILES string of the molecule is CC1CCCC1CNC(=O)CCCCC(=O)O. The standard InChI is InChI=1S/C13H23NO3/c1-10-5-4-6-11(10)9-14-12(15)7-2-3-8-13(16)17/h10-11H,2-9H2,1H3,(H,14,15)(H,16,17). The fraction of sp³-hybridized carbons (Fsp3) is 0.846. The van der Waals surface area contributed by atoms with E-state index in [0.29, 0.717) is 25.2 Å². The third-order valence-corrected chi connectivity index (χ3v) is 3.65. The zero-order valence-corrected chi connectivity index (χ0v) is 10.6. The monoisotopic (exact) mass is 241 g/mol. The molecule has 0 bridgehead atoms. The Balaban J connectivity index is 2.03. The smallest absolute Gasteiger partial charge is 0.303 e. The summed E-state index contributed by atoms with van der Waals surface area (Å²) in [6.45, 7) is 3.04. The normalized spacial score (nSPS) is 23.6. The lowest BCUT2D eigenvalue weighted by molar-refractivity contribution is -0.137. The Morgan fingerprint density at radius 1 is 1.24 bits per heavy atom. The summed E-state index contributed by atoms with van der Waals surface area (Å²) in [5, 5.41) is 11.4. The maximum Gasteiger partial charge on any atom is 0.303 e. The van der Waals surface area contributed by atoms with E-state index in [1.165, 1.54) is 19.3 Å². The van der Waals surface area contributed by atoms with Gasteiger partial charge in [-0.05, 0) is 31.1 Å². The fourth-order valence-electron chi connectivity index (χ4n) is 2.42. The molecular weight excluding hydrogens is 218 g/mol. The molecule has 1 rings (SSSR count). The maximum absolute atomic E-state index is 11.5. The number of carboxylic acid groups (broad SMARTS) is 1. The molecule has 1 aliphatic rings. The highest BCUT2D eigenvalue weighted by Gasteiger charge is 2.23. The van der Waals surface area contributed by atoms with Crippen molar-refractivity contribution in [3.05, 3.63) is 0 Å². The van der Waals surface area contributed by atoms with Crippen molar-refractivity contribution in [2.75, 3.05) is 6.54 Å². The molecule has 1 amide bonds. The maximum atomic E-state index is 11.5. The third kappa shape index (κ3) is 5.71. The summed E-state index contributed by atoms with van der Waals surface area (Å²) < 4.78 is 0. The van der Waals surface area contributed by atoms with Crippen LogP contribution in [0.1, 0.15) is 51.9 Å². The predicted octanol–water partition coefficient (Wildman–Crippen LogP) is 2.18. The van der Waals surface area contributed by atoms with Crippen LogP contribution in [0.25, 0.3) is 0 Å². The minimum atomic E-state index is -0.787. The van der Waals surface area contributed by atoms with Gasteiger partial charge in [0.15, 0.2) is 0 Å². The van der Waals surface area contributed by atoms with Gasteiger partial charge in [-0.15, -0.1) is 0 Å². The molecule has 1 saturated carbocycles. The number of carboxylic acids is 1. The second-order valence-corrected chi connectivity index (χ2v) is 5.07. The minimum Gasteiger partial charge on any atom is -0.481 e. The van der Waals surface area contributed by atoms with Gasteiger partial charge in [0, 0.05) is 19.4 Å². The van der Waals surface area contributed by atoms with E-state index in [2.05, 4.69) is 12.2 Å². The number of nitrogens with one attached hydrogen (secondary N) is 1. The Bertz CT molecular complexity index is 265. The molecular formula is C13H23NO3. The van der Waals surface area contributed by atoms with Crippen LogP contribution in [-0.2, 0) is 9.59 Å². The molecule has 2 atom stereocenters. The molecule has 1 aliphatic carbocycles. The van der Waals surface area contributed by atoms with Crippen molar-refractivity contribution in [2.45, 2.75) is 51.9 Å². The van der Waals surface area contributed by atoms with Gasteiger partial charge in [0.05, 0.1) is 0 Å². The summed E-state index contributed by atoms with van der Waals surface area (Å²) in [5.74, 6) is 0.639. The Labute approximate surface area is 103 Å². The highest BCUT2D eigenvalue weighted by molar-refractivity contribution is 5.75. The summed E-state index contributed by atoms with van der Waals surface area (Å²) >= 11 is 0. The van der Waals surface area contributed by atoms with Gasteiger partial charge in [0.25, 0.3) is 0 Å². The number of hydrogen-bond donors (Lipinski definition) is 2. The first kappa shape index (κ1) is 14.0. The van der Waals surface area contributed by atoms with Crippen LogP contribution < -0.4 is 5.32 Å². The average molecular weight is 241 g/mol. The molecule has 0 heterocycles. The fourth-order valence-corrected chi connectivity index (χ4v) is 2.42. The first-order valence-corrected chi connectivity index (χ1v) is 6.58. The minimum absolute atomic E-state index is 0.0643.